The Balaban J connectivity index is 2.57. The zero-order valence-electron chi connectivity index (χ0n) is 13.5. The first-order valence-electron chi connectivity index (χ1n) is 8.14. The quantitative estimate of drug-likeness (QED) is 0.579. The SMILES string of the molecule is CCc1c(CC)c(CC)c2cc3ccccc3cc2c1C#N. The molecule has 3 rings (SSSR count). The summed E-state index contributed by atoms with van der Waals surface area (Å²) in [5, 5.41) is 14.6. The van der Waals surface area contributed by atoms with Gasteiger partial charge in [-0.1, -0.05) is 45.0 Å². The molecule has 1 heteroatoms. The first-order chi connectivity index (χ1) is 10.7. The molecule has 0 unspecified atom stereocenters. The number of nitriles is 1. The van der Waals surface area contributed by atoms with Gasteiger partial charge >= 0.3 is 0 Å². The van der Waals surface area contributed by atoms with Gasteiger partial charge in [0.2, 0.25) is 0 Å². The van der Waals surface area contributed by atoms with E-state index in [-0.39, 0.29) is 0 Å². The summed E-state index contributed by atoms with van der Waals surface area (Å²) in [5.74, 6) is 0. The number of nitrogens with zero attached hydrogens (tertiary/aromatic N) is 1. The molecule has 0 heterocycles. The molecule has 0 saturated heterocycles. The molecule has 1 nitrogen and oxygen atoms in total. The molecule has 0 radical (unpaired) electrons. The third kappa shape index (κ3) is 2.07. The van der Waals surface area contributed by atoms with Crippen LogP contribution in [0.4, 0.5) is 0 Å². The zero-order valence-corrected chi connectivity index (χ0v) is 13.5. The Kier molecular flexibility index (Phi) is 3.86. The Hall–Kier alpha value is -2.33. The van der Waals surface area contributed by atoms with E-state index in [9.17, 15) is 5.26 Å². The summed E-state index contributed by atoms with van der Waals surface area (Å²) in [6.45, 7) is 6.57. The fourth-order valence-corrected chi connectivity index (χ4v) is 3.70. The maximum Gasteiger partial charge on any atom is 0.100 e. The molecule has 3 aromatic rings. The Morgan fingerprint density at radius 1 is 0.773 bits per heavy atom. The van der Waals surface area contributed by atoms with Crippen LogP contribution in [0.5, 0.6) is 0 Å². The van der Waals surface area contributed by atoms with E-state index in [0.717, 1.165) is 30.2 Å². The van der Waals surface area contributed by atoms with Gasteiger partial charge in [0.25, 0.3) is 0 Å². The molecule has 0 atom stereocenters. The summed E-state index contributed by atoms with van der Waals surface area (Å²) in [4.78, 5) is 0. The second-order valence-corrected chi connectivity index (χ2v) is 5.73. The lowest BCUT2D eigenvalue weighted by Gasteiger charge is -2.18. The topological polar surface area (TPSA) is 23.8 Å². The van der Waals surface area contributed by atoms with Crippen LogP contribution in [0.25, 0.3) is 21.5 Å². The van der Waals surface area contributed by atoms with Crippen LogP contribution in [0.2, 0.25) is 0 Å². The number of hydrogen-bond donors (Lipinski definition) is 0. The van der Waals surface area contributed by atoms with Crippen molar-refractivity contribution in [1.82, 2.24) is 0 Å². The molecule has 110 valence electrons. The van der Waals surface area contributed by atoms with E-state index in [1.807, 2.05) is 0 Å². The highest BCUT2D eigenvalue weighted by atomic mass is 14.3. The average molecular weight is 287 g/mol. The van der Waals surface area contributed by atoms with Crippen molar-refractivity contribution in [2.24, 2.45) is 0 Å². The van der Waals surface area contributed by atoms with Gasteiger partial charge in [0.15, 0.2) is 0 Å². The monoisotopic (exact) mass is 287 g/mol. The highest BCUT2D eigenvalue weighted by Crippen LogP contribution is 2.34. The van der Waals surface area contributed by atoms with E-state index in [2.05, 4.69) is 63.2 Å². The van der Waals surface area contributed by atoms with Crippen LogP contribution < -0.4 is 0 Å². The summed E-state index contributed by atoms with van der Waals surface area (Å²) in [7, 11) is 0. The average Bonchev–Trinajstić information content (AvgIpc) is 2.57. The van der Waals surface area contributed by atoms with Gasteiger partial charge in [-0.2, -0.15) is 5.26 Å². The lowest BCUT2D eigenvalue weighted by molar-refractivity contribution is 0.989. The highest BCUT2D eigenvalue weighted by Gasteiger charge is 2.16. The highest BCUT2D eigenvalue weighted by molar-refractivity contribution is 6.03. The first kappa shape index (κ1) is 14.6. The Labute approximate surface area is 132 Å². The van der Waals surface area contributed by atoms with Gasteiger partial charge in [-0.3, -0.25) is 0 Å². The molecule has 0 bridgehead atoms. The smallest absolute Gasteiger partial charge is 0.100 e. The molecule has 0 amide bonds. The summed E-state index contributed by atoms with van der Waals surface area (Å²) < 4.78 is 0. The molecule has 3 aromatic carbocycles. The Bertz CT molecular complexity index is 897. The van der Waals surface area contributed by atoms with Crippen molar-refractivity contribution < 1.29 is 0 Å². The van der Waals surface area contributed by atoms with Crippen molar-refractivity contribution in [2.45, 2.75) is 40.0 Å². The van der Waals surface area contributed by atoms with Gasteiger partial charge in [0.05, 0.1) is 5.56 Å². The van der Waals surface area contributed by atoms with Crippen molar-refractivity contribution in [3.63, 3.8) is 0 Å². The van der Waals surface area contributed by atoms with Gasteiger partial charge in [0, 0.05) is 5.39 Å². The van der Waals surface area contributed by atoms with E-state index in [1.165, 1.54) is 32.8 Å². The van der Waals surface area contributed by atoms with Crippen LogP contribution in [-0.4, -0.2) is 0 Å². The van der Waals surface area contributed by atoms with E-state index in [0.29, 0.717) is 0 Å². The molecule has 0 fully saturated rings. The summed E-state index contributed by atoms with van der Waals surface area (Å²) in [6, 6.07) is 15.4. The van der Waals surface area contributed by atoms with E-state index >= 15 is 0 Å². The second-order valence-electron chi connectivity index (χ2n) is 5.73. The predicted molar refractivity (Wildman–Crippen MR) is 94.3 cm³/mol. The minimum absolute atomic E-state index is 0.873. The molecule has 0 aromatic heterocycles. The molecular formula is C21H21N. The third-order valence-electron chi connectivity index (χ3n) is 4.68. The second kappa shape index (κ2) is 5.81. The Morgan fingerprint density at radius 2 is 1.32 bits per heavy atom. The number of rotatable bonds is 3. The zero-order chi connectivity index (χ0) is 15.7. The van der Waals surface area contributed by atoms with Gasteiger partial charge in [0.1, 0.15) is 6.07 Å². The summed E-state index contributed by atoms with van der Waals surface area (Å²) in [5.41, 5.74) is 4.91. The van der Waals surface area contributed by atoms with Crippen LogP contribution in [0.1, 0.15) is 43.0 Å². The molecule has 0 spiro atoms. The number of benzene rings is 3. The molecular weight excluding hydrogens is 266 g/mol. The normalized spacial score (nSPS) is 11.0. The number of fused-ring (bicyclic) bond motifs is 2. The van der Waals surface area contributed by atoms with E-state index in [1.54, 1.807) is 0 Å². The van der Waals surface area contributed by atoms with Gasteiger partial charge in [-0.25, -0.2) is 0 Å². The van der Waals surface area contributed by atoms with Gasteiger partial charge < -0.3 is 0 Å². The van der Waals surface area contributed by atoms with Gasteiger partial charge in [-0.05, 0) is 64.2 Å². The fourth-order valence-electron chi connectivity index (χ4n) is 3.70. The summed E-state index contributed by atoms with van der Waals surface area (Å²) >= 11 is 0. The molecule has 22 heavy (non-hydrogen) atoms. The maximum absolute atomic E-state index is 9.75. The lowest BCUT2D eigenvalue weighted by atomic mass is 9.85. The minimum Gasteiger partial charge on any atom is -0.192 e. The van der Waals surface area contributed by atoms with Crippen molar-refractivity contribution >= 4 is 21.5 Å². The molecule has 0 saturated carbocycles. The standard InChI is InChI=1S/C21H21N/c1-4-16-17(5-2)19-11-14-9-7-8-10-15(14)12-20(19)21(13-22)18(16)6-3/h7-12H,4-6H2,1-3H3. The van der Waals surface area contributed by atoms with Crippen LogP contribution in [0, 0.1) is 11.3 Å². The summed E-state index contributed by atoms with van der Waals surface area (Å²) in [6.07, 6.45) is 2.92. The fraction of sp³-hybridized carbons (Fsp3) is 0.286. The van der Waals surface area contributed by atoms with Crippen molar-refractivity contribution in [1.29, 1.82) is 5.26 Å². The van der Waals surface area contributed by atoms with Crippen molar-refractivity contribution in [3.05, 3.63) is 58.7 Å². The largest absolute Gasteiger partial charge is 0.192 e. The molecule has 0 aliphatic heterocycles. The third-order valence-corrected chi connectivity index (χ3v) is 4.68. The van der Waals surface area contributed by atoms with Crippen LogP contribution in [0.15, 0.2) is 36.4 Å². The lowest BCUT2D eigenvalue weighted by Crippen LogP contribution is -2.03. The van der Waals surface area contributed by atoms with E-state index < -0.39 is 0 Å². The molecule has 0 aliphatic carbocycles. The van der Waals surface area contributed by atoms with Crippen LogP contribution in [0.3, 0.4) is 0 Å². The maximum atomic E-state index is 9.75. The minimum atomic E-state index is 0.873. The van der Waals surface area contributed by atoms with Crippen LogP contribution in [-0.2, 0) is 19.3 Å². The molecule has 0 aliphatic rings. The van der Waals surface area contributed by atoms with Crippen LogP contribution >= 0.6 is 0 Å². The van der Waals surface area contributed by atoms with Crippen molar-refractivity contribution in [3.8, 4) is 6.07 Å². The van der Waals surface area contributed by atoms with Crippen molar-refractivity contribution in [2.75, 3.05) is 0 Å². The van der Waals surface area contributed by atoms with E-state index in [4.69, 9.17) is 0 Å². The van der Waals surface area contributed by atoms with Gasteiger partial charge in [-0.15, -0.1) is 0 Å². The molecule has 0 N–H and O–H groups in total. The predicted octanol–water partition coefficient (Wildman–Crippen LogP) is 5.55. The number of aryl methyl sites for hydroxylation is 1. The first-order valence-corrected chi connectivity index (χ1v) is 8.14. The number of hydrogen-bond acceptors (Lipinski definition) is 1. The Morgan fingerprint density at radius 3 is 1.82 bits per heavy atom.